The molecule has 0 bridgehead atoms. The Hall–Kier alpha value is -1.50. The summed E-state index contributed by atoms with van der Waals surface area (Å²) in [7, 11) is 1.55. The third-order valence-electron chi connectivity index (χ3n) is 3.57. The van der Waals surface area contributed by atoms with E-state index in [1.807, 2.05) is 5.38 Å². The van der Waals surface area contributed by atoms with Crippen LogP contribution in [0.1, 0.15) is 5.01 Å². The van der Waals surface area contributed by atoms with E-state index in [1.165, 1.54) is 6.07 Å². The fraction of sp³-hybridized carbons (Fsp3) is 0.400. The number of nitrogens with one attached hydrogen (secondary N) is 1. The molecule has 1 saturated heterocycles. The molecule has 2 aromatic rings. The molecule has 1 aromatic heterocycles. The lowest BCUT2D eigenvalue weighted by Crippen LogP contribution is -2.42. The number of nitrogens with zero attached hydrogens (tertiary/aromatic N) is 2. The fourth-order valence-electron chi connectivity index (χ4n) is 2.48. The van der Waals surface area contributed by atoms with Crippen molar-refractivity contribution in [1.29, 1.82) is 0 Å². The van der Waals surface area contributed by atoms with Crippen LogP contribution in [0.15, 0.2) is 23.6 Å². The quantitative estimate of drug-likeness (QED) is 0.941. The van der Waals surface area contributed by atoms with E-state index >= 15 is 0 Å². The monoisotopic (exact) mass is 307 g/mol. The number of rotatable bonds is 4. The van der Waals surface area contributed by atoms with E-state index in [4.69, 9.17) is 4.74 Å². The molecule has 0 aliphatic carbocycles. The summed E-state index contributed by atoms with van der Waals surface area (Å²) in [6.07, 6.45) is 0. The highest BCUT2D eigenvalue weighted by Crippen LogP contribution is 2.33. The van der Waals surface area contributed by atoms with Gasteiger partial charge in [-0.15, -0.1) is 11.3 Å². The van der Waals surface area contributed by atoms with Gasteiger partial charge >= 0.3 is 0 Å². The summed E-state index contributed by atoms with van der Waals surface area (Å²) >= 11 is 1.57. The van der Waals surface area contributed by atoms with Crippen LogP contribution in [-0.2, 0) is 6.54 Å². The summed E-state index contributed by atoms with van der Waals surface area (Å²) in [6.45, 7) is 4.90. The van der Waals surface area contributed by atoms with Crippen LogP contribution in [0.3, 0.4) is 0 Å². The van der Waals surface area contributed by atoms with Crippen molar-refractivity contribution in [2.24, 2.45) is 0 Å². The molecule has 2 heterocycles. The van der Waals surface area contributed by atoms with Crippen LogP contribution in [-0.4, -0.2) is 43.2 Å². The van der Waals surface area contributed by atoms with Gasteiger partial charge < -0.3 is 10.1 Å². The topological polar surface area (TPSA) is 37.4 Å². The van der Waals surface area contributed by atoms with Crippen LogP contribution < -0.4 is 10.1 Å². The highest BCUT2D eigenvalue weighted by molar-refractivity contribution is 7.09. The molecule has 0 atom stereocenters. The molecule has 21 heavy (non-hydrogen) atoms. The first-order valence-electron chi connectivity index (χ1n) is 6.98. The molecule has 4 nitrogen and oxygen atoms in total. The van der Waals surface area contributed by atoms with Crippen molar-refractivity contribution in [3.8, 4) is 17.0 Å². The maximum atomic E-state index is 14.1. The lowest BCUT2D eigenvalue weighted by molar-refractivity contribution is 0.233. The first-order valence-corrected chi connectivity index (χ1v) is 7.86. The second kappa shape index (κ2) is 6.51. The fourth-order valence-corrected chi connectivity index (χ4v) is 3.31. The summed E-state index contributed by atoms with van der Waals surface area (Å²) in [5.41, 5.74) is 1.10. The van der Waals surface area contributed by atoms with Gasteiger partial charge in [0.2, 0.25) is 0 Å². The molecule has 112 valence electrons. The van der Waals surface area contributed by atoms with E-state index in [0.717, 1.165) is 37.7 Å². The summed E-state index contributed by atoms with van der Waals surface area (Å²) < 4.78 is 19.3. The van der Waals surface area contributed by atoms with Crippen LogP contribution in [0.25, 0.3) is 11.3 Å². The summed E-state index contributed by atoms with van der Waals surface area (Å²) in [5, 5.41) is 6.24. The second-order valence-electron chi connectivity index (χ2n) is 4.97. The molecule has 1 aliphatic heterocycles. The number of ether oxygens (including phenoxy) is 1. The Morgan fingerprint density at radius 3 is 2.95 bits per heavy atom. The predicted molar refractivity (Wildman–Crippen MR) is 82.2 cm³/mol. The predicted octanol–water partition coefficient (Wildman–Crippen LogP) is 2.36. The largest absolute Gasteiger partial charge is 0.496 e. The van der Waals surface area contributed by atoms with Gasteiger partial charge in [0.15, 0.2) is 0 Å². The Morgan fingerprint density at radius 1 is 1.38 bits per heavy atom. The zero-order valence-corrected chi connectivity index (χ0v) is 12.8. The molecule has 1 aromatic carbocycles. The third-order valence-corrected chi connectivity index (χ3v) is 4.41. The first kappa shape index (κ1) is 14.4. The number of aromatic nitrogens is 1. The average molecular weight is 307 g/mol. The number of methoxy groups -OCH3 is 1. The van der Waals surface area contributed by atoms with Gasteiger partial charge in [-0.2, -0.15) is 0 Å². The Labute approximate surface area is 127 Å². The zero-order valence-electron chi connectivity index (χ0n) is 11.9. The molecule has 1 N–H and O–H groups in total. The van der Waals surface area contributed by atoms with Gasteiger partial charge in [-0.1, -0.05) is 6.07 Å². The zero-order chi connectivity index (χ0) is 14.7. The van der Waals surface area contributed by atoms with Gasteiger partial charge in [-0.25, -0.2) is 9.37 Å². The first-order chi connectivity index (χ1) is 10.3. The molecule has 1 fully saturated rings. The summed E-state index contributed by atoms with van der Waals surface area (Å²) in [4.78, 5) is 6.94. The van der Waals surface area contributed by atoms with Gasteiger partial charge in [0.25, 0.3) is 0 Å². The number of thiazole rings is 1. The smallest absolute Gasteiger partial charge is 0.136 e. The average Bonchev–Trinajstić information content (AvgIpc) is 2.96. The van der Waals surface area contributed by atoms with Gasteiger partial charge in [0.05, 0.1) is 24.9 Å². The van der Waals surface area contributed by atoms with E-state index in [9.17, 15) is 4.39 Å². The van der Waals surface area contributed by atoms with Gasteiger partial charge in [0, 0.05) is 31.6 Å². The van der Waals surface area contributed by atoms with Crippen molar-refractivity contribution < 1.29 is 9.13 Å². The van der Waals surface area contributed by atoms with Gasteiger partial charge in [-0.3, -0.25) is 4.90 Å². The number of benzene rings is 1. The van der Waals surface area contributed by atoms with Crippen LogP contribution in [0.5, 0.6) is 5.75 Å². The maximum absolute atomic E-state index is 14.1. The van der Waals surface area contributed by atoms with Crippen molar-refractivity contribution in [3.63, 3.8) is 0 Å². The molecule has 0 unspecified atom stereocenters. The molecular formula is C15H18FN3OS. The standard InChI is InChI=1S/C15H18FN3OS/c1-20-13-4-2-3-11(16)15(13)12-10-21-14(18-12)9-19-7-5-17-6-8-19/h2-4,10,17H,5-9H2,1H3. The van der Waals surface area contributed by atoms with Crippen molar-refractivity contribution in [1.82, 2.24) is 15.2 Å². The highest BCUT2D eigenvalue weighted by atomic mass is 32.1. The van der Waals surface area contributed by atoms with Crippen LogP contribution in [0, 0.1) is 5.82 Å². The molecule has 0 amide bonds. The SMILES string of the molecule is COc1cccc(F)c1-c1csc(CN2CCNCC2)n1. The molecule has 0 radical (unpaired) electrons. The summed E-state index contributed by atoms with van der Waals surface area (Å²) in [5.74, 6) is 0.224. The Morgan fingerprint density at radius 2 is 2.19 bits per heavy atom. The Balaban J connectivity index is 1.81. The van der Waals surface area contributed by atoms with Crippen molar-refractivity contribution >= 4 is 11.3 Å². The minimum atomic E-state index is -0.298. The third kappa shape index (κ3) is 3.23. The van der Waals surface area contributed by atoms with Gasteiger partial charge in [0.1, 0.15) is 16.6 Å². The summed E-state index contributed by atoms with van der Waals surface area (Å²) in [6, 6.07) is 4.84. The minimum Gasteiger partial charge on any atom is -0.496 e. The number of hydrogen-bond donors (Lipinski definition) is 1. The van der Waals surface area contributed by atoms with E-state index < -0.39 is 0 Å². The number of halogens is 1. The van der Waals surface area contributed by atoms with Crippen molar-refractivity contribution in [3.05, 3.63) is 34.4 Å². The van der Waals surface area contributed by atoms with E-state index in [2.05, 4.69) is 15.2 Å². The molecule has 0 spiro atoms. The Bertz CT molecular complexity index is 611. The highest BCUT2D eigenvalue weighted by Gasteiger charge is 2.16. The minimum absolute atomic E-state index is 0.298. The van der Waals surface area contributed by atoms with E-state index in [0.29, 0.717) is 17.0 Å². The lowest BCUT2D eigenvalue weighted by Gasteiger charge is -2.26. The van der Waals surface area contributed by atoms with E-state index in [1.54, 1.807) is 30.6 Å². The van der Waals surface area contributed by atoms with Gasteiger partial charge in [-0.05, 0) is 12.1 Å². The van der Waals surface area contributed by atoms with Crippen molar-refractivity contribution in [2.45, 2.75) is 6.54 Å². The second-order valence-corrected chi connectivity index (χ2v) is 5.91. The van der Waals surface area contributed by atoms with Crippen LogP contribution in [0.2, 0.25) is 0 Å². The molecule has 0 saturated carbocycles. The van der Waals surface area contributed by atoms with Crippen molar-refractivity contribution in [2.75, 3.05) is 33.3 Å². The molecule has 1 aliphatic rings. The van der Waals surface area contributed by atoms with Crippen LogP contribution >= 0.6 is 11.3 Å². The molecule has 3 rings (SSSR count). The molecule has 6 heteroatoms. The van der Waals surface area contributed by atoms with Crippen LogP contribution in [0.4, 0.5) is 4.39 Å². The number of piperazine rings is 1. The Kier molecular flexibility index (Phi) is 4.48. The van der Waals surface area contributed by atoms with E-state index in [-0.39, 0.29) is 5.82 Å². The molecular weight excluding hydrogens is 289 g/mol. The maximum Gasteiger partial charge on any atom is 0.136 e. The lowest BCUT2D eigenvalue weighted by atomic mass is 10.1. The normalized spacial score (nSPS) is 16.1. The number of hydrogen-bond acceptors (Lipinski definition) is 5.